The molecule has 1 atom stereocenters. The van der Waals surface area contributed by atoms with Crippen molar-refractivity contribution in [3.05, 3.63) is 59.2 Å². The van der Waals surface area contributed by atoms with Gasteiger partial charge in [-0.2, -0.15) is 26.3 Å². The molecule has 6 nitrogen and oxygen atoms in total. The highest BCUT2D eigenvalue weighted by Gasteiger charge is 2.37. The number of methoxy groups -OCH3 is 1. The Morgan fingerprint density at radius 3 is 1.91 bits per heavy atom. The summed E-state index contributed by atoms with van der Waals surface area (Å²) in [6, 6.07) is 4.49. The van der Waals surface area contributed by atoms with E-state index in [2.05, 4.69) is 10.0 Å². The van der Waals surface area contributed by atoms with Crippen molar-refractivity contribution in [2.24, 2.45) is 0 Å². The molecule has 0 aromatic heterocycles. The molecule has 0 aliphatic heterocycles. The van der Waals surface area contributed by atoms with Crippen molar-refractivity contribution in [3.63, 3.8) is 0 Å². The van der Waals surface area contributed by atoms with Gasteiger partial charge in [-0.1, -0.05) is 0 Å². The summed E-state index contributed by atoms with van der Waals surface area (Å²) in [5.41, 5.74) is -4.16. The standard InChI is InChI=1S/C19H18F6N2O4S/c1-11(10-31-2)27-32(29,30)16-5-3-15(4-6-16)26-17(28)12-7-13(18(20,21)22)9-14(8-12)19(23,24)25/h3-9,11,27H,10H2,1-2H3,(H,26,28). The number of anilines is 1. The predicted molar refractivity (Wildman–Crippen MR) is 103 cm³/mol. The van der Waals surface area contributed by atoms with E-state index in [4.69, 9.17) is 4.74 Å². The summed E-state index contributed by atoms with van der Waals surface area (Å²) in [6.45, 7) is 1.68. The molecule has 13 heteroatoms. The van der Waals surface area contributed by atoms with Crippen LogP contribution in [0, 0.1) is 0 Å². The molecule has 2 aromatic carbocycles. The number of carbonyl (C=O) groups is 1. The van der Waals surface area contributed by atoms with Gasteiger partial charge >= 0.3 is 12.4 Å². The van der Waals surface area contributed by atoms with Gasteiger partial charge in [0.1, 0.15) is 0 Å². The van der Waals surface area contributed by atoms with Crippen LogP contribution in [0.3, 0.4) is 0 Å². The topological polar surface area (TPSA) is 84.5 Å². The maximum atomic E-state index is 13.0. The Morgan fingerprint density at radius 2 is 1.47 bits per heavy atom. The summed E-state index contributed by atoms with van der Waals surface area (Å²) in [6.07, 6.45) is -10.2. The summed E-state index contributed by atoms with van der Waals surface area (Å²) in [4.78, 5) is 12.1. The number of halogens is 6. The van der Waals surface area contributed by atoms with Gasteiger partial charge in [0.05, 0.1) is 22.6 Å². The number of alkyl halides is 6. The van der Waals surface area contributed by atoms with Crippen molar-refractivity contribution in [1.29, 1.82) is 0 Å². The molecule has 2 N–H and O–H groups in total. The first-order chi connectivity index (χ1) is 14.6. The molecule has 2 aromatic rings. The Balaban J connectivity index is 2.26. The van der Waals surface area contributed by atoms with Crippen LogP contribution < -0.4 is 10.0 Å². The van der Waals surface area contributed by atoms with Crippen LogP contribution in [0.2, 0.25) is 0 Å². The zero-order chi connectivity index (χ0) is 24.3. The highest BCUT2D eigenvalue weighted by molar-refractivity contribution is 7.89. The van der Waals surface area contributed by atoms with E-state index in [9.17, 15) is 39.6 Å². The van der Waals surface area contributed by atoms with Crippen LogP contribution in [0.5, 0.6) is 0 Å². The van der Waals surface area contributed by atoms with E-state index in [1.54, 1.807) is 6.92 Å². The van der Waals surface area contributed by atoms with Crippen LogP contribution in [0.1, 0.15) is 28.4 Å². The molecular weight excluding hydrogens is 466 g/mol. The first-order valence-electron chi connectivity index (χ1n) is 8.85. The van der Waals surface area contributed by atoms with Crippen molar-refractivity contribution in [2.75, 3.05) is 19.0 Å². The smallest absolute Gasteiger partial charge is 0.383 e. The third-order valence-corrected chi connectivity index (χ3v) is 5.65. The Hall–Kier alpha value is -2.64. The summed E-state index contributed by atoms with van der Waals surface area (Å²) in [5.74, 6) is -1.23. The lowest BCUT2D eigenvalue weighted by Crippen LogP contribution is -2.35. The van der Waals surface area contributed by atoms with Crippen LogP contribution in [0.25, 0.3) is 0 Å². The van der Waals surface area contributed by atoms with Crippen molar-refractivity contribution in [3.8, 4) is 0 Å². The maximum Gasteiger partial charge on any atom is 0.416 e. The summed E-state index contributed by atoms with van der Waals surface area (Å²) >= 11 is 0. The maximum absolute atomic E-state index is 13.0. The summed E-state index contributed by atoms with van der Waals surface area (Å²) < 4.78 is 109. The molecular formula is C19H18F6N2O4S. The fraction of sp³-hybridized carbons (Fsp3) is 0.316. The number of benzene rings is 2. The quantitative estimate of drug-likeness (QED) is 0.575. The molecule has 0 saturated carbocycles. The molecule has 0 saturated heterocycles. The van der Waals surface area contributed by atoms with Gasteiger partial charge in [-0.3, -0.25) is 4.79 Å². The van der Waals surface area contributed by atoms with Crippen LogP contribution in [0.15, 0.2) is 47.4 Å². The lowest BCUT2D eigenvalue weighted by molar-refractivity contribution is -0.143. The first-order valence-corrected chi connectivity index (χ1v) is 10.3. The van der Waals surface area contributed by atoms with Crippen molar-refractivity contribution in [1.82, 2.24) is 4.72 Å². The van der Waals surface area contributed by atoms with E-state index < -0.39 is 51.0 Å². The van der Waals surface area contributed by atoms with Gasteiger partial charge in [0.25, 0.3) is 5.91 Å². The molecule has 0 spiro atoms. The highest BCUT2D eigenvalue weighted by atomic mass is 32.2. The van der Waals surface area contributed by atoms with E-state index in [-0.39, 0.29) is 23.3 Å². The van der Waals surface area contributed by atoms with E-state index in [1.165, 1.54) is 7.11 Å². The summed E-state index contributed by atoms with van der Waals surface area (Å²) in [5, 5.41) is 2.15. The van der Waals surface area contributed by atoms with E-state index in [1.807, 2.05) is 0 Å². The minimum atomic E-state index is -5.10. The predicted octanol–water partition coefficient (Wildman–Crippen LogP) is 4.29. The first kappa shape index (κ1) is 25.6. The monoisotopic (exact) mass is 484 g/mol. The van der Waals surface area contributed by atoms with Gasteiger partial charge in [0, 0.05) is 24.4 Å². The lowest BCUT2D eigenvalue weighted by Gasteiger charge is -2.15. The number of sulfonamides is 1. The highest BCUT2D eigenvalue weighted by Crippen LogP contribution is 2.36. The molecule has 0 heterocycles. The molecule has 0 aliphatic carbocycles. The fourth-order valence-electron chi connectivity index (χ4n) is 2.62. The van der Waals surface area contributed by atoms with E-state index >= 15 is 0 Å². The fourth-order valence-corrected chi connectivity index (χ4v) is 3.85. The van der Waals surface area contributed by atoms with Crippen molar-refractivity contribution < 1.29 is 44.3 Å². The number of carbonyl (C=O) groups excluding carboxylic acids is 1. The minimum absolute atomic E-state index is 0.0372. The summed E-state index contributed by atoms with van der Waals surface area (Å²) in [7, 11) is -2.52. The van der Waals surface area contributed by atoms with Gasteiger partial charge in [0.2, 0.25) is 10.0 Å². The molecule has 1 unspecified atom stereocenters. The second kappa shape index (κ2) is 9.46. The minimum Gasteiger partial charge on any atom is -0.383 e. The number of nitrogens with one attached hydrogen (secondary N) is 2. The number of hydrogen-bond donors (Lipinski definition) is 2. The Morgan fingerprint density at radius 1 is 0.969 bits per heavy atom. The number of rotatable bonds is 7. The van der Waals surface area contributed by atoms with Gasteiger partial charge < -0.3 is 10.1 Å². The van der Waals surface area contributed by atoms with Crippen LogP contribution in [-0.4, -0.2) is 34.1 Å². The largest absolute Gasteiger partial charge is 0.416 e. The molecule has 32 heavy (non-hydrogen) atoms. The lowest BCUT2D eigenvalue weighted by atomic mass is 10.0. The third-order valence-electron chi connectivity index (χ3n) is 4.05. The number of amides is 1. The van der Waals surface area contributed by atoms with Gasteiger partial charge in [-0.15, -0.1) is 0 Å². The Kier molecular flexibility index (Phi) is 7.58. The van der Waals surface area contributed by atoms with E-state index in [0.717, 1.165) is 24.3 Å². The second-order valence-corrected chi connectivity index (χ2v) is 8.46. The van der Waals surface area contributed by atoms with Crippen LogP contribution >= 0.6 is 0 Å². The average Bonchev–Trinajstić information content (AvgIpc) is 2.66. The Bertz CT molecular complexity index is 1030. The van der Waals surface area contributed by atoms with Crippen molar-refractivity contribution in [2.45, 2.75) is 30.2 Å². The Labute approximate surface area is 179 Å². The van der Waals surface area contributed by atoms with E-state index in [0.29, 0.717) is 12.1 Å². The van der Waals surface area contributed by atoms with Crippen LogP contribution in [-0.2, 0) is 27.1 Å². The van der Waals surface area contributed by atoms with Crippen LogP contribution in [0.4, 0.5) is 32.0 Å². The second-order valence-electron chi connectivity index (χ2n) is 6.75. The zero-order valence-electron chi connectivity index (χ0n) is 16.6. The van der Waals surface area contributed by atoms with Gasteiger partial charge in [0.15, 0.2) is 0 Å². The zero-order valence-corrected chi connectivity index (χ0v) is 17.5. The normalized spacial score (nSPS) is 13.6. The molecule has 0 radical (unpaired) electrons. The number of ether oxygens (including phenoxy) is 1. The number of hydrogen-bond acceptors (Lipinski definition) is 4. The molecule has 176 valence electrons. The van der Waals surface area contributed by atoms with Gasteiger partial charge in [-0.05, 0) is 49.4 Å². The molecule has 1 amide bonds. The third kappa shape index (κ3) is 6.68. The molecule has 0 aliphatic rings. The SMILES string of the molecule is COCC(C)NS(=O)(=O)c1ccc(NC(=O)c2cc(C(F)(F)F)cc(C(F)(F)F)c2)cc1. The molecule has 2 rings (SSSR count). The average molecular weight is 484 g/mol. The van der Waals surface area contributed by atoms with Crippen molar-refractivity contribution >= 4 is 21.6 Å². The van der Waals surface area contributed by atoms with Gasteiger partial charge in [-0.25, -0.2) is 13.1 Å². The molecule has 0 bridgehead atoms. The molecule has 0 fully saturated rings.